The van der Waals surface area contributed by atoms with Gasteiger partial charge in [-0.3, -0.25) is 4.79 Å². The van der Waals surface area contributed by atoms with Crippen LogP contribution in [0.1, 0.15) is 24.4 Å². The first kappa shape index (κ1) is 15.1. The molecule has 0 saturated carbocycles. The second-order valence-electron chi connectivity index (χ2n) is 5.17. The number of rotatable bonds is 4. The molecule has 7 heteroatoms. The molecule has 1 amide bonds. The molecule has 0 bridgehead atoms. The van der Waals surface area contributed by atoms with Crippen LogP contribution < -0.4 is 5.32 Å². The normalized spacial score (nSPS) is 18.1. The Kier molecular flexibility index (Phi) is 4.49. The molecular formula is C13H20N2O4S. The summed E-state index contributed by atoms with van der Waals surface area (Å²) in [6, 6.07) is 3.69. The van der Waals surface area contributed by atoms with Gasteiger partial charge in [-0.2, -0.15) is 0 Å². The predicted molar refractivity (Wildman–Crippen MR) is 74.4 cm³/mol. The van der Waals surface area contributed by atoms with Gasteiger partial charge in [0.1, 0.15) is 11.5 Å². The highest BCUT2D eigenvalue weighted by atomic mass is 32.2. The Morgan fingerprint density at radius 1 is 1.40 bits per heavy atom. The van der Waals surface area contributed by atoms with E-state index in [2.05, 4.69) is 5.32 Å². The largest absolute Gasteiger partial charge is 0.465 e. The summed E-state index contributed by atoms with van der Waals surface area (Å²) in [7, 11) is -3.14. The second kappa shape index (κ2) is 5.97. The van der Waals surface area contributed by atoms with Gasteiger partial charge >= 0.3 is 0 Å². The molecule has 2 heterocycles. The zero-order valence-electron chi connectivity index (χ0n) is 11.8. The molecule has 6 nitrogen and oxygen atoms in total. The first-order valence-corrected chi connectivity index (χ1v) is 8.49. The third-order valence-electron chi connectivity index (χ3n) is 3.53. The minimum absolute atomic E-state index is 0.0350. The van der Waals surface area contributed by atoms with Gasteiger partial charge in [-0.15, -0.1) is 0 Å². The highest BCUT2D eigenvalue weighted by molar-refractivity contribution is 7.88. The molecule has 1 fully saturated rings. The molecule has 0 spiro atoms. The van der Waals surface area contributed by atoms with Crippen LogP contribution in [0.25, 0.3) is 0 Å². The zero-order valence-corrected chi connectivity index (χ0v) is 12.6. The van der Waals surface area contributed by atoms with Gasteiger partial charge in [0.25, 0.3) is 0 Å². The van der Waals surface area contributed by atoms with Gasteiger partial charge < -0.3 is 9.73 Å². The Morgan fingerprint density at radius 3 is 2.55 bits per heavy atom. The summed E-state index contributed by atoms with van der Waals surface area (Å²) >= 11 is 0. The molecule has 0 aromatic carbocycles. The van der Waals surface area contributed by atoms with Crippen molar-refractivity contribution in [3.63, 3.8) is 0 Å². The highest BCUT2D eigenvalue weighted by Crippen LogP contribution is 2.19. The Morgan fingerprint density at radius 2 is 2.05 bits per heavy atom. The molecule has 0 radical (unpaired) electrons. The molecule has 1 aromatic heterocycles. The summed E-state index contributed by atoms with van der Waals surface area (Å²) in [5, 5.41) is 2.83. The van der Waals surface area contributed by atoms with Crippen LogP contribution in [-0.2, 0) is 21.4 Å². The van der Waals surface area contributed by atoms with E-state index in [-0.39, 0.29) is 11.8 Å². The monoisotopic (exact) mass is 300 g/mol. The molecule has 0 atom stereocenters. The molecule has 0 unspecified atom stereocenters. The Hall–Kier alpha value is -1.34. The number of carbonyl (C=O) groups is 1. The Balaban J connectivity index is 1.80. The van der Waals surface area contributed by atoms with Crippen LogP contribution in [0.15, 0.2) is 16.5 Å². The lowest BCUT2D eigenvalue weighted by atomic mass is 9.97. The maximum Gasteiger partial charge on any atom is 0.223 e. The quantitative estimate of drug-likeness (QED) is 0.895. The van der Waals surface area contributed by atoms with Gasteiger partial charge in [-0.1, -0.05) is 0 Å². The summed E-state index contributed by atoms with van der Waals surface area (Å²) in [6.07, 6.45) is 2.33. The number of nitrogens with zero attached hydrogens (tertiary/aromatic N) is 1. The van der Waals surface area contributed by atoms with Crippen LogP contribution >= 0.6 is 0 Å². The molecular weight excluding hydrogens is 280 g/mol. The number of nitrogens with one attached hydrogen (secondary N) is 1. The van der Waals surface area contributed by atoms with Crippen molar-refractivity contribution in [1.29, 1.82) is 0 Å². The predicted octanol–water partition coefficient (Wildman–Crippen LogP) is 0.876. The second-order valence-corrected chi connectivity index (χ2v) is 7.15. The lowest BCUT2D eigenvalue weighted by Gasteiger charge is -2.29. The van der Waals surface area contributed by atoms with E-state index in [1.807, 2.05) is 19.1 Å². The van der Waals surface area contributed by atoms with Gasteiger partial charge in [0.2, 0.25) is 15.9 Å². The number of furan rings is 1. The minimum atomic E-state index is -3.14. The van der Waals surface area contributed by atoms with E-state index < -0.39 is 10.0 Å². The number of piperidine rings is 1. The zero-order chi connectivity index (χ0) is 14.8. The van der Waals surface area contributed by atoms with Gasteiger partial charge in [-0.05, 0) is 31.9 Å². The van der Waals surface area contributed by atoms with Crippen molar-refractivity contribution in [2.75, 3.05) is 19.3 Å². The SMILES string of the molecule is Cc1ccc(CNC(=O)C2CCN(S(C)(=O)=O)CC2)o1. The van der Waals surface area contributed by atoms with Crippen molar-refractivity contribution in [2.45, 2.75) is 26.3 Å². The minimum Gasteiger partial charge on any atom is -0.465 e. The fraction of sp³-hybridized carbons (Fsp3) is 0.615. The highest BCUT2D eigenvalue weighted by Gasteiger charge is 2.28. The van der Waals surface area contributed by atoms with Crippen LogP contribution in [0.3, 0.4) is 0 Å². The van der Waals surface area contributed by atoms with Gasteiger partial charge in [0, 0.05) is 19.0 Å². The third-order valence-corrected chi connectivity index (χ3v) is 4.83. The van der Waals surface area contributed by atoms with E-state index in [9.17, 15) is 13.2 Å². The van der Waals surface area contributed by atoms with Crippen LogP contribution in [0.4, 0.5) is 0 Å². The van der Waals surface area contributed by atoms with E-state index in [1.54, 1.807) is 0 Å². The topological polar surface area (TPSA) is 79.6 Å². The average molecular weight is 300 g/mol. The Bertz CT molecular complexity index is 571. The van der Waals surface area contributed by atoms with Crippen molar-refractivity contribution < 1.29 is 17.6 Å². The standard InChI is InChI=1S/C13H20N2O4S/c1-10-3-4-12(19-10)9-14-13(16)11-5-7-15(8-6-11)20(2,17)18/h3-4,11H,5-9H2,1-2H3,(H,14,16). The number of sulfonamides is 1. The summed E-state index contributed by atoms with van der Waals surface area (Å²) in [5.41, 5.74) is 0. The molecule has 1 aliphatic heterocycles. The van der Waals surface area contributed by atoms with Crippen LogP contribution in [0, 0.1) is 12.8 Å². The van der Waals surface area contributed by atoms with Crippen LogP contribution in [0.2, 0.25) is 0 Å². The van der Waals surface area contributed by atoms with E-state index in [1.165, 1.54) is 10.6 Å². The van der Waals surface area contributed by atoms with Gasteiger partial charge in [0.15, 0.2) is 0 Å². The number of aryl methyl sites for hydroxylation is 1. The van der Waals surface area contributed by atoms with Crippen molar-refractivity contribution in [3.05, 3.63) is 23.7 Å². The van der Waals surface area contributed by atoms with E-state index >= 15 is 0 Å². The summed E-state index contributed by atoms with van der Waals surface area (Å²) in [4.78, 5) is 12.0. The molecule has 112 valence electrons. The third kappa shape index (κ3) is 3.83. The van der Waals surface area contributed by atoms with E-state index in [0.717, 1.165) is 11.5 Å². The number of amides is 1. The molecule has 1 saturated heterocycles. The van der Waals surface area contributed by atoms with Crippen LogP contribution in [0.5, 0.6) is 0 Å². The number of hydrogen-bond donors (Lipinski definition) is 1. The van der Waals surface area contributed by atoms with Crippen molar-refractivity contribution in [3.8, 4) is 0 Å². The lowest BCUT2D eigenvalue weighted by molar-refractivity contribution is -0.126. The van der Waals surface area contributed by atoms with Crippen molar-refractivity contribution >= 4 is 15.9 Å². The average Bonchev–Trinajstić information content (AvgIpc) is 2.81. The smallest absolute Gasteiger partial charge is 0.223 e. The van der Waals surface area contributed by atoms with Gasteiger partial charge in [-0.25, -0.2) is 12.7 Å². The molecule has 20 heavy (non-hydrogen) atoms. The maximum absolute atomic E-state index is 12.0. The maximum atomic E-state index is 12.0. The summed E-state index contributed by atoms with van der Waals surface area (Å²) < 4.78 is 29.6. The van der Waals surface area contributed by atoms with Crippen LogP contribution in [-0.4, -0.2) is 38.0 Å². The fourth-order valence-corrected chi connectivity index (χ4v) is 3.22. The van der Waals surface area contributed by atoms with E-state index in [0.29, 0.717) is 32.5 Å². The molecule has 1 aromatic rings. The first-order valence-electron chi connectivity index (χ1n) is 6.64. The van der Waals surface area contributed by atoms with Crippen molar-refractivity contribution in [1.82, 2.24) is 9.62 Å². The lowest BCUT2D eigenvalue weighted by Crippen LogP contribution is -2.42. The molecule has 0 aliphatic carbocycles. The number of hydrogen-bond acceptors (Lipinski definition) is 4. The summed E-state index contributed by atoms with van der Waals surface area (Å²) in [6.45, 7) is 3.05. The fourth-order valence-electron chi connectivity index (χ4n) is 2.35. The van der Waals surface area contributed by atoms with Crippen molar-refractivity contribution in [2.24, 2.45) is 5.92 Å². The van der Waals surface area contributed by atoms with Gasteiger partial charge in [0.05, 0.1) is 12.8 Å². The summed E-state index contributed by atoms with van der Waals surface area (Å²) in [5.74, 6) is 1.39. The molecule has 2 rings (SSSR count). The molecule has 1 aliphatic rings. The molecule has 1 N–H and O–H groups in total. The first-order chi connectivity index (χ1) is 9.36. The Labute approximate surface area is 119 Å². The number of carbonyl (C=O) groups excluding carboxylic acids is 1. The van der Waals surface area contributed by atoms with E-state index in [4.69, 9.17) is 4.42 Å².